The zero-order valence-electron chi connectivity index (χ0n) is 13.4. The van der Waals surface area contributed by atoms with Crippen molar-refractivity contribution in [3.05, 3.63) is 46.6 Å². The minimum atomic E-state index is -3.52. The average Bonchev–Trinajstić information content (AvgIpc) is 3.08. The van der Waals surface area contributed by atoms with Crippen LogP contribution in [0.5, 0.6) is 0 Å². The van der Waals surface area contributed by atoms with Crippen LogP contribution in [0.4, 0.5) is 0 Å². The van der Waals surface area contributed by atoms with Crippen molar-refractivity contribution in [2.45, 2.75) is 23.6 Å². The summed E-state index contributed by atoms with van der Waals surface area (Å²) in [6.45, 7) is 1.05. The summed E-state index contributed by atoms with van der Waals surface area (Å²) in [5.41, 5.74) is 0.797. The quantitative estimate of drug-likeness (QED) is 0.837. The zero-order chi connectivity index (χ0) is 17.9. The summed E-state index contributed by atoms with van der Waals surface area (Å²) in [5.74, 6) is -0.232. The first-order chi connectivity index (χ1) is 12.0. The Kier molecular flexibility index (Phi) is 5.73. The SMILES string of the molecule is O=C(NCc1ccccn1)C1CCN(S(=O)(=O)c2ccc(Cl)s2)CC1. The lowest BCUT2D eigenvalue weighted by molar-refractivity contribution is -0.126. The van der Waals surface area contributed by atoms with Crippen LogP contribution in [-0.2, 0) is 21.4 Å². The number of piperidine rings is 1. The van der Waals surface area contributed by atoms with E-state index < -0.39 is 10.0 Å². The topological polar surface area (TPSA) is 79.4 Å². The standard InChI is InChI=1S/C16H18ClN3O3S2/c17-14-4-5-15(24-14)25(22,23)20-9-6-12(7-10-20)16(21)19-11-13-3-1-2-8-18-13/h1-5,8,12H,6-7,9-11H2,(H,19,21). The van der Waals surface area contributed by atoms with Gasteiger partial charge in [0.05, 0.1) is 16.6 Å². The van der Waals surface area contributed by atoms with Gasteiger partial charge in [-0.2, -0.15) is 4.31 Å². The van der Waals surface area contributed by atoms with Crippen molar-refractivity contribution in [1.82, 2.24) is 14.6 Å². The van der Waals surface area contributed by atoms with Gasteiger partial charge >= 0.3 is 0 Å². The Morgan fingerprint density at radius 2 is 2.04 bits per heavy atom. The van der Waals surface area contributed by atoms with Crippen LogP contribution >= 0.6 is 22.9 Å². The minimum Gasteiger partial charge on any atom is -0.350 e. The van der Waals surface area contributed by atoms with E-state index in [2.05, 4.69) is 10.3 Å². The summed E-state index contributed by atoms with van der Waals surface area (Å²) in [6, 6.07) is 8.64. The van der Waals surface area contributed by atoms with E-state index in [1.807, 2.05) is 18.2 Å². The number of nitrogens with zero attached hydrogens (tertiary/aromatic N) is 2. The highest BCUT2D eigenvalue weighted by molar-refractivity contribution is 7.91. The lowest BCUT2D eigenvalue weighted by atomic mass is 9.97. The first-order valence-corrected chi connectivity index (χ1v) is 10.5. The maximum atomic E-state index is 12.6. The average molecular weight is 400 g/mol. The van der Waals surface area contributed by atoms with Crippen molar-refractivity contribution in [3.8, 4) is 0 Å². The van der Waals surface area contributed by atoms with Gasteiger partial charge in [0.2, 0.25) is 5.91 Å². The van der Waals surface area contributed by atoms with Gasteiger partial charge in [-0.15, -0.1) is 11.3 Å². The number of nitrogens with one attached hydrogen (secondary N) is 1. The van der Waals surface area contributed by atoms with Gasteiger partial charge in [-0.05, 0) is 37.1 Å². The number of hydrogen-bond acceptors (Lipinski definition) is 5. The molecule has 0 saturated carbocycles. The predicted molar refractivity (Wildman–Crippen MR) is 96.9 cm³/mol. The number of carbonyl (C=O) groups is 1. The highest BCUT2D eigenvalue weighted by Gasteiger charge is 2.32. The number of halogens is 1. The summed E-state index contributed by atoms with van der Waals surface area (Å²) in [5, 5.41) is 2.87. The second-order valence-corrected chi connectivity index (χ2v) is 9.66. The third-order valence-corrected chi connectivity index (χ3v) is 7.73. The molecule has 9 heteroatoms. The van der Waals surface area contributed by atoms with Crippen LogP contribution in [0.15, 0.2) is 40.7 Å². The van der Waals surface area contributed by atoms with Crippen molar-refractivity contribution >= 4 is 38.9 Å². The van der Waals surface area contributed by atoms with E-state index in [4.69, 9.17) is 11.6 Å². The molecular formula is C16H18ClN3O3S2. The molecule has 0 bridgehead atoms. The summed E-state index contributed by atoms with van der Waals surface area (Å²) in [4.78, 5) is 16.4. The van der Waals surface area contributed by atoms with E-state index >= 15 is 0 Å². The fraction of sp³-hybridized carbons (Fsp3) is 0.375. The molecule has 3 rings (SSSR count). The molecule has 1 saturated heterocycles. The highest BCUT2D eigenvalue weighted by Crippen LogP contribution is 2.30. The Balaban J connectivity index is 1.54. The van der Waals surface area contributed by atoms with Crippen LogP contribution < -0.4 is 5.32 Å². The number of rotatable bonds is 5. The van der Waals surface area contributed by atoms with Gasteiger partial charge in [0.1, 0.15) is 4.21 Å². The van der Waals surface area contributed by atoms with E-state index in [0.29, 0.717) is 36.8 Å². The Hall–Kier alpha value is -1.48. The third-order valence-electron chi connectivity index (χ3n) is 4.14. The van der Waals surface area contributed by atoms with Gasteiger partial charge in [-0.3, -0.25) is 9.78 Å². The van der Waals surface area contributed by atoms with Crippen LogP contribution in [-0.4, -0.2) is 36.7 Å². The molecule has 0 aliphatic carbocycles. The van der Waals surface area contributed by atoms with Crippen LogP contribution in [0.2, 0.25) is 4.34 Å². The second-order valence-electron chi connectivity index (χ2n) is 5.78. The number of carbonyl (C=O) groups excluding carboxylic acids is 1. The summed E-state index contributed by atoms with van der Waals surface area (Å²) in [6.07, 6.45) is 2.69. The van der Waals surface area contributed by atoms with Gasteiger partial charge in [0.25, 0.3) is 10.0 Å². The number of aromatic nitrogens is 1. The smallest absolute Gasteiger partial charge is 0.252 e. The number of amides is 1. The van der Waals surface area contributed by atoms with Gasteiger partial charge < -0.3 is 5.32 Å². The van der Waals surface area contributed by atoms with Crippen LogP contribution in [0, 0.1) is 5.92 Å². The molecule has 0 aromatic carbocycles. The molecule has 0 radical (unpaired) electrons. The molecule has 25 heavy (non-hydrogen) atoms. The van der Waals surface area contributed by atoms with Gasteiger partial charge in [-0.1, -0.05) is 17.7 Å². The molecule has 1 N–H and O–H groups in total. The molecule has 2 aromatic heterocycles. The number of thiophene rings is 1. The van der Waals surface area contributed by atoms with E-state index in [1.165, 1.54) is 10.4 Å². The maximum absolute atomic E-state index is 12.6. The van der Waals surface area contributed by atoms with E-state index in [-0.39, 0.29) is 16.0 Å². The molecule has 1 amide bonds. The maximum Gasteiger partial charge on any atom is 0.252 e. The van der Waals surface area contributed by atoms with Crippen molar-refractivity contribution in [3.63, 3.8) is 0 Å². The minimum absolute atomic E-state index is 0.0538. The van der Waals surface area contributed by atoms with E-state index in [9.17, 15) is 13.2 Å². The fourth-order valence-electron chi connectivity index (χ4n) is 2.75. The molecule has 1 fully saturated rings. The molecule has 3 heterocycles. The number of hydrogen-bond donors (Lipinski definition) is 1. The lowest BCUT2D eigenvalue weighted by Crippen LogP contribution is -2.42. The van der Waals surface area contributed by atoms with Crippen LogP contribution in [0.25, 0.3) is 0 Å². The van der Waals surface area contributed by atoms with Crippen molar-refractivity contribution in [2.75, 3.05) is 13.1 Å². The third kappa shape index (κ3) is 4.38. The van der Waals surface area contributed by atoms with Gasteiger partial charge in [0.15, 0.2) is 0 Å². The zero-order valence-corrected chi connectivity index (χ0v) is 15.8. The Morgan fingerprint density at radius 3 is 2.64 bits per heavy atom. The Bertz CT molecular complexity index is 831. The van der Waals surface area contributed by atoms with Crippen molar-refractivity contribution < 1.29 is 13.2 Å². The fourth-order valence-corrected chi connectivity index (χ4v) is 5.85. The van der Waals surface area contributed by atoms with Crippen molar-refractivity contribution in [1.29, 1.82) is 0 Å². The lowest BCUT2D eigenvalue weighted by Gasteiger charge is -2.30. The summed E-state index contributed by atoms with van der Waals surface area (Å²) in [7, 11) is -3.52. The molecule has 0 spiro atoms. The first-order valence-electron chi connectivity index (χ1n) is 7.90. The molecule has 134 valence electrons. The van der Waals surface area contributed by atoms with Gasteiger partial charge in [0, 0.05) is 25.2 Å². The van der Waals surface area contributed by atoms with Crippen LogP contribution in [0.3, 0.4) is 0 Å². The van der Waals surface area contributed by atoms with Crippen molar-refractivity contribution in [2.24, 2.45) is 5.92 Å². The number of pyridine rings is 1. The molecule has 1 aliphatic rings. The largest absolute Gasteiger partial charge is 0.350 e. The summed E-state index contributed by atoms with van der Waals surface area (Å²) < 4.78 is 27.2. The molecule has 0 atom stereocenters. The molecule has 0 unspecified atom stereocenters. The predicted octanol–water partition coefficient (Wildman–Crippen LogP) is 2.51. The molecular weight excluding hydrogens is 382 g/mol. The number of sulfonamides is 1. The first kappa shape index (κ1) is 18.3. The van der Waals surface area contributed by atoms with E-state index in [0.717, 1.165) is 17.0 Å². The van der Waals surface area contributed by atoms with Crippen LogP contribution in [0.1, 0.15) is 18.5 Å². The second kappa shape index (κ2) is 7.82. The Morgan fingerprint density at radius 1 is 1.28 bits per heavy atom. The highest BCUT2D eigenvalue weighted by atomic mass is 35.5. The molecule has 6 nitrogen and oxygen atoms in total. The normalized spacial score (nSPS) is 16.7. The van der Waals surface area contributed by atoms with Gasteiger partial charge in [-0.25, -0.2) is 8.42 Å². The van der Waals surface area contributed by atoms with E-state index in [1.54, 1.807) is 12.3 Å². The molecule has 1 aliphatic heterocycles. The summed E-state index contributed by atoms with van der Waals surface area (Å²) >= 11 is 6.88. The molecule has 2 aromatic rings. The monoisotopic (exact) mass is 399 g/mol. The Labute approximate surface area is 155 Å².